The molecule has 0 fully saturated rings. The highest BCUT2D eigenvalue weighted by Gasteiger charge is 2.15. The molecule has 0 bridgehead atoms. The molecule has 0 aliphatic carbocycles. The molecule has 0 aliphatic rings. The van der Waals surface area contributed by atoms with Gasteiger partial charge >= 0.3 is 6.09 Å². The van der Waals surface area contributed by atoms with Crippen molar-refractivity contribution >= 4 is 36.0 Å². The maximum atomic E-state index is 13.1. The average Bonchev–Trinajstić information content (AvgIpc) is 2.50. The van der Waals surface area contributed by atoms with E-state index in [9.17, 15) is 9.18 Å². The number of carbonyl (C=O) groups excluding carboxylic acids is 1. The number of hydrogen-bond acceptors (Lipinski definition) is 3. The molecule has 8 heteroatoms. The first kappa shape index (κ1) is 24.4. The van der Waals surface area contributed by atoms with Crippen LogP contribution in [0.1, 0.15) is 33.3 Å². The smallest absolute Gasteiger partial charge is 0.407 e. The fraction of sp³-hybridized carbons (Fsp3) is 0.556. The van der Waals surface area contributed by atoms with Gasteiger partial charge in [-0.1, -0.05) is 12.1 Å². The molecule has 0 radical (unpaired) electrons. The number of ether oxygens (including phenoxy) is 1. The second-order valence-corrected chi connectivity index (χ2v) is 6.50. The van der Waals surface area contributed by atoms with Gasteiger partial charge in [0.25, 0.3) is 0 Å². The Balaban J connectivity index is 0.00000625. The number of rotatable bonds is 7. The fourth-order valence-corrected chi connectivity index (χ4v) is 1.99. The molecule has 26 heavy (non-hydrogen) atoms. The molecule has 0 saturated carbocycles. The zero-order valence-corrected chi connectivity index (χ0v) is 18.2. The zero-order valence-electron chi connectivity index (χ0n) is 15.9. The Kier molecular flexibility index (Phi) is 11.9. The van der Waals surface area contributed by atoms with Crippen LogP contribution in [-0.2, 0) is 11.2 Å². The van der Waals surface area contributed by atoms with Gasteiger partial charge in [-0.15, -0.1) is 24.0 Å². The van der Waals surface area contributed by atoms with Crippen molar-refractivity contribution in [1.82, 2.24) is 16.0 Å². The summed E-state index contributed by atoms with van der Waals surface area (Å²) in [4.78, 5) is 16.0. The highest BCUT2D eigenvalue weighted by atomic mass is 127. The lowest BCUT2D eigenvalue weighted by molar-refractivity contribution is 0.0529. The molecule has 0 heterocycles. The molecular weight excluding hydrogens is 450 g/mol. The van der Waals surface area contributed by atoms with Crippen LogP contribution in [0.15, 0.2) is 29.3 Å². The molecule has 0 atom stereocenters. The maximum Gasteiger partial charge on any atom is 0.407 e. The highest BCUT2D eigenvalue weighted by molar-refractivity contribution is 14.0. The Morgan fingerprint density at radius 1 is 1.19 bits per heavy atom. The predicted octanol–water partition coefficient (Wildman–Crippen LogP) is 3.07. The van der Waals surface area contributed by atoms with Gasteiger partial charge in [-0.05, 0) is 51.8 Å². The number of hydrogen-bond donors (Lipinski definition) is 3. The van der Waals surface area contributed by atoms with Gasteiger partial charge in [0.15, 0.2) is 5.96 Å². The highest BCUT2D eigenvalue weighted by Crippen LogP contribution is 2.06. The Labute approximate surface area is 172 Å². The third-order valence-corrected chi connectivity index (χ3v) is 2.99. The largest absolute Gasteiger partial charge is 0.444 e. The zero-order chi connectivity index (χ0) is 18.7. The van der Waals surface area contributed by atoms with Gasteiger partial charge in [-0.3, -0.25) is 4.99 Å². The number of guanidine groups is 1. The minimum absolute atomic E-state index is 0. The van der Waals surface area contributed by atoms with Crippen LogP contribution in [0.5, 0.6) is 0 Å². The van der Waals surface area contributed by atoms with Crippen molar-refractivity contribution in [3.63, 3.8) is 0 Å². The number of nitrogens with zero attached hydrogens (tertiary/aromatic N) is 1. The van der Waals surface area contributed by atoms with Crippen LogP contribution in [0, 0.1) is 5.82 Å². The molecule has 0 spiro atoms. The van der Waals surface area contributed by atoms with E-state index < -0.39 is 11.7 Å². The lowest BCUT2D eigenvalue weighted by Gasteiger charge is -2.19. The summed E-state index contributed by atoms with van der Waals surface area (Å²) in [6.07, 6.45) is 0.215. The third kappa shape index (κ3) is 11.9. The van der Waals surface area contributed by atoms with E-state index in [1.165, 1.54) is 12.1 Å². The van der Waals surface area contributed by atoms with Gasteiger partial charge in [0.2, 0.25) is 0 Å². The summed E-state index contributed by atoms with van der Waals surface area (Å²) in [5.74, 6) is 0.421. The quantitative estimate of drug-likeness (QED) is 0.243. The summed E-state index contributed by atoms with van der Waals surface area (Å²) < 4.78 is 18.3. The minimum atomic E-state index is -0.509. The fourth-order valence-electron chi connectivity index (χ4n) is 1.99. The topological polar surface area (TPSA) is 74.8 Å². The van der Waals surface area contributed by atoms with Crippen molar-refractivity contribution < 1.29 is 13.9 Å². The summed E-state index contributed by atoms with van der Waals surface area (Å²) >= 11 is 0. The van der Waals surface area contributed by atoms with Crippen LogP contribution in [-0.4, -0.2) is 43.8 Å². The van der Waals surface area contributed by atoms with Crippen LogP contribution >= 0.6 is 24.0 Å². The average molecular weight is 480 g/mol. The van der Waals surface area contributed by atoms with E-state index in [1.807, 2.05) is 33.8 Å². The van der Waals surface area contributed by atoms with Crippen LogP contribution < -0.4 is 16.0 Å². The second-order valence-electron chi connectivity index (χ2n) is 6.50. The summed E-state index contributed by atoms with van der Waals surface area (Å²) in [5.41, 5.74) is 0.399. The van der Waals surface area contributed by atoms with Crippen molar-refractivity contribution in [1.29, 1.82) is 0 Å². The van der Waals surface area contributed by atoms with Crippen molar-refractivity contribution in [3.8, 4) is 0 Å². The van der Waals surface area contributed by atoms with Crippen LogP contribution in [0.4, 0.5) is 9.18 Å². The van der Waals surface area contributed by atoms with E-state index in [4.69, 9.17) is 4.74 Å². The molecule has 0 saturated heterocycles. The number of nitrogens with one attached hydrogen (secondary N) is 3. The van der Waals surface area contributed by atoms with Gasteiger partial charge in [0, 0.05) is 26.2 Å². The Bertz CT molecular complexity index is 577. The standard InChI is InChI=1S/C18H29FN4O2.HI/c1-5-20-16(21-10-9-14-7-6-8-15(19)13-14)22-11-12-23-17(24)25-18(2,3)4;/h6-8,13H,5,9-12H2,1-4H3,(H,23,24)(H2,20,21,22);1H. The summed E-state index contributed by atoms with van der Waals surface area (Å²) in [7, 11) is 0. The number of benzene rings is 1. The van der Waals surface area contributed by atoms with Gasteiger partial charge in [-0.2, -0.15) is 0 Å². The van der Waals surface area contributed by atoms with Crippen LogP contribution in [0.25, 0.3) is 0 Å². The maximum absolute atomic E-state index is 13.1. The molecule has 1 amide bonds. The van der Waals surface area contributed by atoms with Crippen molar-refractivity contribution in [2.45, 2.75) is 39.7 Å². The van der Waals surface area contributed by atoms with Crippen molar-refractivity contribution in [2.75, 3.05) is 26.2 Å². The Hall–Kier alpha value is -1.58. The molecule has 0 unspecified atom stereocenters. The number of aliphatic imine (C=N–C) groups is 1. The first-order chi connectivity index (χ1) is 11.8. The first-order valence-corrected chi connectivity index (χ1v) is 8.53. The van der Waals surface area contributed by atoms with E-state index in [0.29, 0.717) is 32.0 Å². The lowest BCUT2D eigenvalue weighted by atomic mass is 10.1. The number of carbonyl (C=O) groups is 1. The van der Waals surface area contributed by atoms with Crippen LogP contribution in [0.2, 0.25) is 0 Å². The van der Waals surface area contributed by atoms with E-state index in [0.717, 1.165) is 12.1 Å². The van der Waals surface area contributed by atoms with E-state index in [-0.39, 0.29) is 29.8 Å². The SMILES string of the molecule is CCNC(=NCCc1cccc(F)c1)NCCNC(=O)OC(C)(C)C.I. The molecule has 1 aromatic carbocycles. The molecule has 148 valence electrons. The van der Waals surface area contributed by atoms with Crippen LogP contribution in [0.3, 0.4) is 0 Å². The monoisotopic (exact) mass is 480 g/mol. The minimum Gasteiger partial charge on any atom is -0.444 e. The van der Waals surface area contributed by atoms with Crippen molar-refractivity contribution in [2.24, 2.45) is 4.99 Å². The summed E-state index contributed by atoms with van der Waals surface area (Å²) in [5, 5.41) is 8.94. The van der Waals surface area contributed by atoms with Crippen molar-refractivity contribution in [3.05, 3.63) is 35.6 Å². The Morgan fingerprint density at radius 2 is 1.88 bits per heavy atom. The molecule has 1 rings (SSSR count). The first-order valence-electron chi connectivity index (χ1n) is 8.53. The number of amides is 1. The van der Waals surface area contributed by atoms with Gasteiger partial charge in [0.05, 0.1) is 0 Å². The molecule has 3 N–H and O–H groups in total. The molecule has 0 aliphatic heterocycles. The molecule has 1 aromatic rings. The van der Waals surface area contributed by atoms with E-state index in [2.05, 4.69) is 20.9 Å². The second kappa shape index (κ2) is 12.7. The number of alkyl carbamates (subject to hydrolysis) is 1. The molecular formula is C18H30FIN4O2. The van der Waals surface area contributed by atoms with E-state index >= 15 is 0 Å². The predicted molar refractivity (Wildman–Crippen MR) is 114 cm³/mol. The third-order valence-electron chi connectivity index (χ3n) is 2.99. The molecule has 0 aromatic heterocycles. The van der Waals surface area contributed by atoms with E-state index in [1.54, 1.807) is 6.07 Å². The van der Waals surface area contributed by atoms with Gasteiger partial charge in [0.1, 0.15) is 11.4 Å². The summed E-state index contributed by atoms with van der Waals surface area (Å²) in [6, 6.07) is 6.51. The Morgan fingerprint density at radius 3 is 2.50 bits per heavy atom. The summed E-state index contributed by atoms with van der Waals surface area (Å²) in [6.45, 7) is 9.64. The van der Waals surface area contributed by atoms with Gasteiger partial charge in [-0.25, -0.2) is 9.18 Å². The normalized spacial score (nSPS) is 11.3. The lowest BCUT2D eigenvalue weighted by Crippen LogP contribution is -2.42. The molecule has 6 nitrogen and oxygen atoms in total. The van der Waals surface area contributed by atoms with Gasteiger partial charge < -0.3 is 20.7 Å². The number of halogens is 2.